The van der Waals surface area contributed by atoms with Gasteiger partial charge in [-0.2, -0.15) is 0 Å². The minimum atomic E-state index is -3.54. The van der Waals surface area contributed by atoms with Crippen LogP contribution < -0.4 is 4.31 Å². The molecule has 0 atom stereocenters. The summed E-state index contributed by atoms with van der Waals surface area (Å²) in [5, 5.41) is 0. The van der Waals surface area contributed by atoms with Crippen LogP contribution in [0.25, 0.3) is 0 Å². The van der Waals surface area contributed by atoms with E-state index in [-0.39, 0.29) is 0 Å². The third-order valence-corrected chi connectivity index (χ3v) is 6.18. The van der Waals surface area contributed by atoms with Gasteiger partial charge in [0, 0.05) is 15.9 Å². The maximum absolute atomic E-state index is 12.8. The number of hydrogen-bond donors (Lipinski definition) is 0. The molecule has 2 rings (SSSR count). The second-order valence-corrected chi connectivity index (χ2v) is 7.98. The Morgan fingerprint density at radius 3 is 2.33 bits per heavy atom. The molecular weight excluding hydrogens is 370 g/mol. The smallest absolute Gasteiger partial charge is 0.264 e. The van der Waals surface area contributed by atoms with E-state index in [1.807, 2.05) is 37.4 Å². The Morgan fingerprint density at radius 2 is 1.81 bits per heavy atom. The van der Waals surface area contributed by atoms with Crippen LogP contribution in [-0.2, 0) is 10.0 Å². The minimum absolute atomic E-state index is 0.308. The van der Waals surface area contributed by atoms with Crippen molar-refractivity contribution in [2.45, 2.75) is 16.7 Å². The number of benzene rings is 2. The Balaban J connectivity index is 2.44. The molecule has 0 fully saturated rings. The number of sulfonamides is 1. The molecule has 0 radical (unpaired) electrons. The summed E-state index contributed by atoms with van der Waals surface area (Å²) < 4.78 is 27.8. The summed E-state index contributed by atoms with van der Waals surface area (Å²) in [5.74, 6) is 0. The number of halogens is 1. The fourth-order valence-electron chi connectivity index (χ4n) is 2.00. The molecule has 0 unspecified atom stereocenters. The molecule has 0 N–H and O–H groups in total. The highest BCUT2D eigenvalue weighted by atomic mass is 79.9. The molecule has 6 heteroatoms. The summed E-state index contributed by atoms with van der Waals surface area (Å²) >= 11 is 4.96. The van der Waals surface area contributed by atoms with Gasteiger partial charge in [0.2, 0.25) is 0 Å². The predicted molar refractivity (Wildman–Crippen MR) is 92.6 cm³/mol. The van der Waals surface area contributed by atoms with Crippen molar-refractivity contribution >= 4 is 43.4 Å². The van der Waals surface area contributed by atoms with Gasteiger partial charge in [0.15, 0.2) is 0 Å². The molecule has 0 aromatic heterocycles. The number of thioether (sulfide) groups is 1. The summed E-state index contributed by atoms with van der Waals surface area (Å²) in [4.78, 5) is 1.35. The lowest BCUT2D eigenvalue weighted by atomic mass is 10.3. The topological polar surface area (TPSA) is 37.4 Å². The fourth-order valence-corrected chi connectivity index (χ4v) is 4.26. The third kappa shape index (κ3) is 3.62. The SMILES string of the molecule is CCN(c1cccc(Br)c1)S(=O)(=O)c1ccc(SC)cc1. The molecule has 0 spiro atoms. The van der Waals surface area contributed by atoms with Crippen molar-refractivity contribution in [3.05, 3.63) is 53.0 Å². The van der Waals surface area contributed by atoms with Crippen molar-refractivity contribution in [2.24, 2.45) is 0 Å². The summed E-state index contributed by atoms with van der Waals surface area (Å²) in [6.45, 7) is 2.21. The quantitative estimate of drug-likeness (QED) is 0.716. The van der Waals surface area contributed by atoms with E-state index < -0.39 is 10.0 Å². The average molecular weight is 386 g/mol. The van der Waals surface area contributed by atoms with Crippen LogP contribution in [-0.4, -0.2) is 21.2 Å². The highest BCUT2D eigenvalue weighted by Crippen LogP contribution is 2.27. The molecule has 3 nitrogen and oxygen atoms in total. The van der Waals surface area contributed by atoms with Gasteiger partial charge in [0.05, 0.1) is 10.6 Å². The summed E-state index contributed by atoms with van der Waals surface area (Å²) in [7, 11) is -3.54. The summed E-state index contributed by atoms with van der Waals surface area (Å²) in [6, 6.07) is 14.3. The van der Waals surface area contributed by atoms with Gasteiger partial charge < -0.3 is 0 Å². The van der Waals surface area contributed by atoms with Gasteiger partial charge in [-0.1, -0.05) is 22.0 Å². The van der Waals surface area contributed by atoms with Crippen LogP contribution in [0.1, 0.15) is 6.92 Å². The molecule has 0 saturated heterocycles. The average Bonchev–Trinajstić information content (AvgIpc) is 2.48. The van der Waals surface area contributed by atoms with E-state index in [0.29, 0.717) is 17.1 Å². The number of rotatable bonds is 5. The second kappa shape index (κ2) is 6.85. The highest BCUT2D eigenvalue weighted by Gasteiger charge is 2.23. The number of nitrogens with zero attached hydrogens (tertiary/aromatic N) is 1. The van der Waals surface area contributed by atoms with Crippen LogP contribution in [0.2, 0.25) is 0 Å². The van der Waals surface area contributed by atoms with E-state index in [0.717, 1.165) is 9.37 Å². The molecule has 21 heavy (non-hydrogen) atoms. The van der Waals surface area contributed by atoms with Crippen LogP contribution in [0.5, 0.6) is 0 Å². The first kappa shape index (κ1) is 16.4. The van der Waals surface area contributed by atoms with Gasteiger partial charge in [-0.3, -0.25) is 4.31 Å². The molecule has 0 aliphatic carbocycles. The lowest BCUT2D eigenvalue weighted by Crippen LogP contribution is -2.30. The zero-order valence-corrected chi connectivity index (χ0v) is 15.0. The Labute approximate surface area is 138 Å². The molecule has 0 bridgehead atoms. The second-order valence-electron chi connectivity index (χ2n) is 4.33. The maximum atomic E-state index is 12.8. The van der Waals surface area contributed by atoms with Crippen LogP contribution in [0, 0.1) is 0 Å². The van der Waals surface area contributed by atoms with Crippen LogP contribution in [0.3, 0.4) is 0 Å². The molecular formula is C15H16BrNO2S2. The van der Waals surface area contributed by atoms with E-state index in [1.165, 1.54) is 4.31 Å². The van der Waals surface area contributed by atoms with Crippen LogP contribution >= 0.6 is 27.7 Å². The van der Waals surface area contributed by atoms with E-state index in [2.05, 4.69) is 15.9 Å². The summed E-state index contributed by atoms with van der Waals surface area (Å²) in [5.41, 5.74) is 0.654. The monoisotopic (exact) mass is 385 g/mol. The molecule has 2 aromatic carbocycles. The lowest BCUT2D eigenvalue weighted by molar-refractivity contribution is 0.592. The van der Waals surface area contributed by atoms with Crippen molar-refractivity contribution in [2.75, 3.05) is 17.1 Å². The Kier molecular flexibility index (Phi) is 5.35. The molecule has 112 valence electrons. The van der Waals surface area contributed by atoms with Gasteiger partial charge in [-0.25, -0.2) is 8.42 Å². The standard InChI is InChI=1S/C15H16BrNO2S2/c1-3-17(13-6-4-5-12(16)11-13)21(18,19)15-9-7-14(20-2)8-10-15/h4-11H,3H2,1-2H3. The first-order chi connectivity index (χ1) is 9.98. The van der Waals surface area contributed by atoms with Gasteiger partial charge >= 0.3 is 0 Å². The van der Waals surface area contributed by atoms with Crippen LogP contribution in [0.4, 0.5) is 5.69 Å². The van der Waals surface area contributed by atoms with E-state index >= 15 is 0 Å². The molecule has 0 amide bonds. The summed E-state index contributed by atoms with van der Waals surface area (Å²) in [6.07, 6.45) is 1.96. The Hall–Kier alpha value is -0.980. The van der Waals surface area contributed by atoms with Gasteiger partial charge in [-0.05, 0) is 55.6 Å². The van der Waals surface area contributed by atoms with Crippen molar-refractivity contribution in [3.63, 3.8) is 0 Å². The van der Waals surface area contributed by atoms with Crippen molar-refractivity contribution < 1.29 is 8.42 Å². The largest absolute Gasteiger partial charge is 0.267 e. The zero-order chi connectivity index (χ0) is 15.5. The van der Waals surface area contributed by atoms with Crippen LogP contribution in [0.15, 0.2) is 62.8 Å². The first-order valence-corrected chi connectivity index (χ1v) is 9.87. The normalized spacial score (nSPS) is 11.4. The van der Waals surface area contributed by atoms with Gasteiger partial charge in [0.25, 0.3) is 10.0 Å². The lowest BCUT2D eigenvalue weighted by Gasteiger charge is -2.23. The number of hydrogen-bond acceptors (Lipinski definition) is 3. The van der Waals surface area contributed by atoms with Crippen molar-refractivity contribution in [1.82, 2.24) is 0 Å². The van der Waals surface area contributed by atoms with E-state index in [1.54, 1.807) is 36.0 Å². The maximum Gasteiger partial charge on any atom is 0.264 e. The molecule has 0 saturated carbocycles. The third-order valence-electron chi connectivity index (χ3n) is 3.03. The van der Waals surface area contributed by atoms with Crippen molar-refractivity contribution in [1.29, 1.82) is 0 Å². The molecule has 0 heterocycles. The molecule has 2 aromatic rings. The van der Waals surface area contributed by atoms with E-state index in [4.69, 9.17) is 0 Å². The molecule has 0 aliphatic rings. The predicted octanol–water partition coefficient (Wildman–Crippen LogP) is 4.39. The molecule has 0 aliphatic heterocycles. The Morgan fingerprint density at radius 1 is 1.14 bits per heavy atom. The van der Waals surface area contributed by atoms with Gasteiger partial charge in [0.1, 0.15) is 0 Å². The number of anilines is 1. The highest BCUT2D eigenvalue weighted by molar-refractivity contribution is 9.10. The van der Waals surface area contributed by atoms with E-state index in [9.17, 15) is 8.42 Å². The first-order valence-electron chi connectivity index (χ1n) is 6.41. The Bertz CT molecular complexity index is 715. The fraction of sp³-hybridized carbons (Fsp3) is 0.200. The van der Waals surface area contributed by atoms with Crippen molar-refractivity contribution in [3.8, 4) is 0 Å². The minimum Gasteiger partial charge on any atom is -0.267 e. The zero-order valence-electron chi connectivity index (χ0n) is 11.8. The van der Waals surface area contributed by atoms with Gasteiger partial charge in [-0.15, -0.1) is 11.8 Å².